The quantitative estimate of drug-likeness (QED) is 0.871. The molecule has 0 aliphatic rings. The number of hydrogen-bond donors (Lipinski definition) is 0. The first-order valence-electron chi connectivity index (χ1n) is 4.09. The van der Waals surface area contributed by atoms with Gasteiger partial charge in [0, 0.05) is 10.5 Å². The molecule has 1 heterocycles. The molecule has 0 amide bonds. The Balaban J connectivity index is 2.05. The van der Waals surface area contributed by atoms with Crippen molar-refractivity contribution in [3.05, 3.63) is 40.4 Å². The minimum Gasteiger partial charge on any atom is -0.487 e. The summed E-state index contributed by atoms with van der Waals surface area (Å²) in [5, 5.41) is 0. The van der Waals surface area contributed by atoms with Gasteiger partial charge in [0.2, 0.25) is 0 Å². The molecule has 0 bridgehead atoms. The lowest BCUT2D eigenvalue weighted by atomic mass is 10.3. The van der Waals surface area contributed by atoms with Gasteiger partial charge in [0.05, 0.1) is 17.9 Å². The van der Waals surface area contributed by atoms with Crippen molar-refractivity contribution < 1.29 is 9.13 Å². The molecule has 0 saturated carbocycles. The molecule has 0 aliphatic carbocycles. The minimum atomic E-state index is -0.337. The maximum atomic E-state index is 13.0. The Morgan fingerprint density at radius 2 is 2.27 bits per heavy atom. The third kappa shape index (κ3) is 2.97. The molecule has 0 fully saturated rings. The van der Waals surface area contributed by atoms with E-state index in [0.717, 1.165) is 17.4 Å². The monoisotopic (exact) mass is 288 g/mol. The molecule has 1 aromatic carbocycles. The van der Waals surface area contributed by atoms with Crippen LogP contribution in [0.25, 0.3) is 0 Å². The van der Waals surface area contributed by atoms with Crippen LogP contribution in [0.2, 0.25) is 0 Å². The van der Waals surface area contributed by atoms with Crippen molar-refractivity contribution in [2.45, 2.75) is 6.61 Å². The highest BCUT2D eigenvalue weighted by Crippen LogP contribution is 2.21. The van der Waals surface area contributed by atoms with Crippen LogP contribution in [0, 0.1) is 5.82 Å². The van der Waals surface area contributed by atoms with Crippen LogP contribution in [0.3, 0.4) is 0 Å². The third-order valence-electron chi connectivity index (χ3n) is 1.63. The Morgan fingerprint density at radius 3 is 2.93 bits per heavy atom. The molecule has 0 N–H and O–H groups in total. The van der Waals surface area contributed by atoms with E-state index in [1.54, 1.807) is 12.3 Å². The summed E-state index contributed by atoms with van der Waals surface area (Å²) in [6.07, 6.45) is 1.62. The topological polar surface area (TPSA) is 35.0 Å². The standard InChI is InChI=1S/C9H6BrFN2OS/c10-6-1-7(11)3-9(2-6)14-5-8-4-12-15-13-8/h1-4H,5H2. The predicted octanol–water partition coefficient (Wildman–Crippen LogP) is 3.02. The zero-order chi connectivity index (χ0) is 10.7. The molecule has 1 aromatic heterocycles. The van der Waals surface area contributed by atoms with E-state index in [9.17, 15) is 4.39 Å². The fourth-order valence-electron chi connectivity index (χ4n) is 1.02. The number of hydrogen-bond acceptors (Lipinski definition) is 4. The first kappa shape index (κ1) is 10.5. The van der Waals surface area contributed by atoms with Crippen LogP contribution in [0.4, 0.5) is 4.39 Å². The van der Waals surface area contributed by atoms with Gasteiger partial charge in [0.25, 0.3) is 0 Å². The van der Waals surface area contributed by atoms with E-state index >= 15 is 0 Å². The van der Waals surface area contributed by atoms with Crippen LogP contribution in [0.1, 0.15) is 5.69 Å². The van der Waals surface area contributed by atoms with Gasteiger partial charge in [-0.1, -0.05) is 15.9 Å². The second-order valence-electron chi connectivity index (χ2n) is 2.79. The molecule has 0 unspecified atom stereocenters. The zero-order valence-electron chi connectivity index (χ0n) is 7.48. The largest absolute Gasteiger partial charge is 0.487 e. The van der Waals surface area contributed by atoms with E-state index in [1.165, 1.54) is 12.1 Å². The Morgan fingerprint density at radius 1 is 1.40 bits per heavy atom. The lowest BCUT2D eigenvalue weighted by Gasteiger charge is -2.04. The summed E-state index contributed by atoms with van der Waals surface area (Å²) in [4.78, 5) is 0. The van der Waals surface area contributed by atoms with Gasteiger partial charge in [0.15, 0.2) is 0 Å². The van der Waals surface area contributed by atoms with Crippen LogP contribution in [-0.4, -0.2) is 8.75 Å². The predicted molar refractivity (Wildman–Crippen MR) is 58.3 cm³/mol. The van der Waals surface area contributed by atoms with Gasteiger partial charge >= 0.3 is 0 Å². The summed E-state index contributed by atoms with van der Waals surface area (Å²) < 4.78 is 26.8. The molecule has 2 rings (SSSR count). The molecule has 3 nitrogen and oxygen atoms in total. The maximum absolute atomic E-state index is 13.0. The summed E-state index contributed by atoms with van der Waals surface area (Å²) in [6.45, 7) is 0.298. The summed E-state index contributed by atoms with van der Waals surface area (Å²) in [5.74, 6) is 0.130. The van der Waals surface area contributed by atoms with E-state index in [2.05, 4.69) is 24.7 Å². The van der Waals surface area contributed by atoms with Gasteiger partial charge in [-0.3, -0.25) is 0 Å². The molecule has 0 radical (unpaired) electrons. The Hall–Kier alpha value is -1.01. The molecule has 2 aromatic rings. The lowest BCUT2D eigenvalue weighted by molar-refractivity contribution is 0.300. The van der Waals surface area contributed by atoms with E-state index in [1.807, 2.05) is 0 Å². The molecule has 0 saturated heterocycles. The Kier molecular flexibility index (Phi) is 3.27. The average Bonchev–Trinajstić information content (AvgIpc) is 2.65. The molecule has 78 valence electrons. The lowest BCUT2D eigenvalue weighted by Crippen LogP contribution is -1.95. The van der Waals surface area contributed by atoms with Gasteiger partial charge in [-0.15, -0.1) is 0 Å². The SMILES string of the molecule is Fc1cc(Br)cc(OCc2cnsn2)c1. The first-order chi connectivity index (χ1) is 7.24. The molecule has 0 spiro atoms. The van der Waals surface area contributed by atoms with Crippen LogP contribution >= 0.6 is 27.7 Å². The molecular formula is C9H6BrFN2OS. The van der Waals surface area contributed by atoms with Crippen molar-refractivity contribution in [1.29, 1.82) is 0 Å². The van der Waals surface area contributed by atoms with Gasteiger partial charge in [-0.2, -0.15) is 8.75 Å². The highest BCUT2D eigenvalue weighted by atomic mass is 79.9. The molecule has 6 heteroatoms. The zero-order valence-corrected chi connectivity index (χ0v) is 9.89. The van der Waals surface area contributed by atoms with E-state index in [0.29, 0.717) is 16.8 Å². The highest BCUT2D eigenvalue weighted by Gasteiger charge is 2.01. The van der Waals surface area contributed by atoms with Gasteiger partial charge in [-0.25, -0.2) is 4.39 Å². The van der Waals surface area contributed by atoms with Crippen LogP contribution in [0.5, 0.6) is 5.75 Å². The number of rotatable bonds is 3. The van der Waals surface area contributed by atoms with Crippen molar-refractivity contribution in [1.82, 2.24) is 8.75 Å². The number of ether oxygens (including phenoxy) is 1. The fraction of sp³-hybridized carbons (Fsp3) is 0.111. The van der Waals surface area contributed by atoms with Crippen molar-refractivity contribution in [3.8, 4) is 5.75 Å². The molecular weight excluding hydrogens is 283 g/mol. The number of benzene rings is 1. The van der Waals surface area contributed by atoms with Crippen molar-refractivity contribution in [2.24, 2.45) is 0 Å². The number of aromatic nitrogens is 2. The van der Waals surface area contributed by atoms with Crippen molar-refractivity contribution in [2.75, 3.05) is 0 Å². The molecule has 0 atom stereocenters. The smallest absolute Gasteiger partial charge is 0.133 e. The Labute approximate surface area is 98.4 Å². The fourth-order valence-corrected chi connectivity index (χ4v) is 1.88. The van der Waals surface area contributed by atoms with E-state index < -0.39 is 0 Å². The van der Waals surface area contributed by atoms with Gasteiger partial charge in [-0.05, 0) is 12.1 Å². The maximum Gasteiger partial charge on any atom is 0.133 e. The van der Waals surface area contributed by atoms with Crippen LogP contribution in [-0.2, 0) is 6.61 Å². The average molecular weight is 289 g/mol. The minimum absolute atomic E-state index is 0.298. The van der Waals surface area contributed by atoms with E-state index in [4.69, 9.17) is 4.74 Å². The number of nitrogens with zero attached hydrogens (tertiary/aromatic N) is 2. The van der Waals surface area contributed by atoms with Gasteiger partial charge in [0.1, 0.15) is 23.9 Å². The summed E-state index contributed by atoms with van der Waals surface area (Å²) in [7, 11) is 0. The normalized spacial score (nSPS) is 10.3. The third-order valence-corrected chi connectivity index (χ3v) is 2.60. The highest BCUT2D eigenvalue weighted by molar-refractivity contribution is 9.10. The molecule has 0 aliphatic heterocycles. The molecule has 15 heavy (non-hydrogen) atoms. The summed E-state index contributed by atoms with van der Waals surface area (Å²) >= 11 is 4.30. The van der Waals surface area contributed by atoms with Crippen molar-refractivity contribution in [3.63, 3.8) is 0 Å². The summed E-state index contributed by atoms with van der Waals surface area (Å²) in [6, 6.07) is 4.39. The second-order valence-corrected chi connectivity index (χ2v) is 4.26. The van der Waals surface area contributed by atoms with Crippen LogP contribution in [0.15, 0.2) is 28.9 Å². The van der Waals surface area contributed by atoms with E-state index in [-0.39, 0.29) is 5.82 Å². The van der Waals surface area contributed by atoms with Crippen LogP contribution < -0.4 is 4.74 Å². The second kappa shape index (κ2) is 4.67. The van der Waals surface area contributed by atoms with Gasteiger partial charge < -0.3 is 4.74 Å². The first-order valence-corrected chi connectivity index (χ1v) is 5.62. The number of halogens is 2. The summed E-state index contributed by atoms with van der Waals surface area (Å²) in [5.41, 5.74) is 0.736. The van der Waals surface area contributed by atoms with Crippen molar-refractivity contribution >= 4 is 27.7 Å². The Bertz CT molecular complexity index is 429.